The molecule has 0 radical (unpaired) electrons. The largest absolute Gasteiger partial charge is 0.320 e. The molecule has 1 aromatic carbocycles. The van der Waals surface area contributed by atoms with Crippen LogP contribution in [0.2, 0.25) is 0 Å². The number of nitrogens with zero attached hydrogens (tertiary/aromatic N) is 1. The first-order valence-electron chi connectivity index (χ1n) is 6.68. The van der Waals surface area contributed by atoms with Crippen molar-refractivity contribution in [1.82, 2.24) is 4.90 Å². The fourth-order valence-corrected chi connectivity index (χ4v) is 2.98. The third kappa shape index (κ3) is 4.21. The molecule has 1 heterocycles. The quantitative estimate of drug-likeness (QED) is 0.875. The zero-order valence-corrected chi connectivity index (χ0v) is 12.8. The summed E-state index contributed by atoms with van der Waals surface area (Å²) < 4.78 is 0. The van der Waals surface area contributed by atoms with Crippen molar-refractivity contribution in [3.63, 3.8) is 0 Å². The number of hydrogen-bond acceptors (Lipinski definition) is 3. The SMILES string of the molecule is Cc1ccccc1CN(C)Cc1cc(C#CCN)cs1. The summed E-state index contributed by atoms with van der Waals surface area (Å²) in [7, 11) is 2.15. The molecule has 0 aliphatic carbocycles. The Labute approximate surface area is 125 Å². The molecule has 0 saturated heterocycles. The molecule has 0 unspecified atom stereocenters. The Hall–Kier alpha value is -1.60. The molecular formula is C17H20N2S. The highest BCUT2D eigenvalue weighted by Crippen LogP contribution is 2.17. The fourth-order valence-electron chi connectivity index (χ4n) is 2.08. The third-order valence-corrected chi connectivity index (χ3v) is 4.04. The van der Waals surface area contributed by atoms with Crippen LogP contribution < -0.4 is 5.73 Å². The van der Waals surface area contributed by atoms with E-state index in [1.165, 1.54) is 16.0 Å². The Bertz CT molecular complexity index is 619. The lowest BCUT2D eigenvalue weighted by atomic mass is 10.1. The van der Waals surface area contributed by atoms with Gasteiger partial charge in [-0.25, -0.2) is 0 Å². The van der Waals surface area contributed by atoms with E-state index in [-0.39, 0.29) is 0 Å². The van der Waals surface area contributed by atoms with Gasteiger partial charge >= 0.3 is 0 Å². The van der Waals surface area contributed by atoms with Gasteiger partial charge in [-0.1, -0.05) is 36.1 Å². The van der Waals surface area contributed by atoms with Gasteiger partial charge in [-0.15, -0.1) is 11.3 Å². The minimum absolute atomic E-state index is 0.415. The molecule has 20 heavy (non-hydrogen) atoms. The van der Waals surface area contributed by atoms with Gasteiger partial charge < -0.3 is 5.73 Å². The Morgan fingerprint density at radius 2 is 2.05 bits per heavy atom. The molecule has 104 valence electrons. The zero-order chi connectivity index (χ0) is 14.4. The van der Waals surface area contributed by atoms with Crippen LogP contribution in [0.1, 0.15) is 21.6 Å². The van der Waals surface area contributed by atoms with Gasteiger partial charge in [0.15, 0.2) is 0 Å². The Balaban J connectivity index is 1.96. The second kappa shape index (κ2) is 7.25. The first-order valence-corrected chi connectivity index (χ1v) is 7.56. The number of benzene rings is 1. The predicted molar refractivity (Wildman–Crippen MR) is 86.6 cm³/mol. The van der Waals surface area contributed by atoms with E-state index in [1.807, 2.05) is 0 Å². The molecule has 0 aliphatic heterocycles. The van der Waals surface area contributed by atoms with Crippen molar-refractivity contribution in [1.29, 1.82) is 0 Å². The summed E-state index contributed by atoms with van der Waals surface area (Å²) in [6.45, 7) is 4.49. The lowest BCUT2D eigenvalue weighted by Crippen LogP contribution is -2.17. The first kappa shape index (κ1) is 14.8. The maximum atomic E-state index is 5.39. The minimum Gasteiger partial charge on any atom is -0.320 e. The van der Waals surface area contributed by atoms with Gasteiger partial charge in [-0.05, 0) is 31.2 Å². The van der Waals surface area contributed by atoms with Crippen molar-refractivity contribution in [3.8, 4) is 11.8 Å². The summed E-state index contributed by atoms with van der Waals surface area (Å²) >= 11 is 1.76. The van der Waals surface area contributed by atoms with Crippen molar-refractivity contribution < 1.29 is 0 Å². The van der Waals surface area contributed by atoms with Crippen LogP contribution in [0.15, 0.2) is 35.7 Å². The summed E-state index contributed by atoms with van der Waals surface area (Å²) in [4.78, 5) is 3.66. The van der Waals surface area contributed by atoms with Gasteiger partial charge in [0.1, 0.15) is 0 Å². The van der Waals surface area contributed by atoms with E-state index in [0.717, 1.165) is 18.7 Å². The second-order valence-corrected chi connectivity index (χ2v) is 5.90. The number of hydrogen-bond donors (Lipinski definition) is 1. The molecule has 0 fully saturated rings. The van der Waals surface area contributed by atoms with E-state index in [1.54, 1.807) is 11.3 Å². The maximum absolute atomic E-state index is 5.39. The molecule has 0 bridgehead atoms. The van der Waals surface area contributed by atoms with Crippen molar-refractivity contribution in [2.24, 2.45) is 5.73 Å². The minimum atomic E-state index is 0.415. The van der Waals surface area contributed by atoms with E-state index < -0.39 is 0 Å². The number of thiophene rings is 1. The highest BCUT2D eigenvalue weighted by atomic mass is 32.1. The second-order valence-electron chi connectivity index (χ2n) is 4.91. The lowest BCUT2D eigenvalue weighted by molar-refractivity contribution is 0.321. The lowest BCUT2D eigenvalue weighted by Gasteiger charge is -2.17. The first-order chi connectivity index (χ1) is 9.69. The van der Waals surface area contributed by atoms with Gasteiger partial charge in [0, 0.05) is 28.9 Å². The zero-order valence-electron chi connectivity index (χ0n) is 12.0. The standard InChI is InChI=1S/C17H20N2S/c1-14-6-3-4-8-16(14)11-19(2)12-17-10-15(13-20-17)7-5-9-18/h3-4,6,8,10,13H,9,11-12,18H2,1-2H3. The smallest absolute Gasteiger partial charge is 0.0555 e. The Morgan fingerprint density at radius 1 is 1.25 bits per heavy atom. The number of rotatable bonds is 4. The van der Waals surface area contributed by atoms with Gasteiger partial charge in [0.25, 0.3) is 0 Å². The number of aryl methyl sites for hydroxylation is 1. The highest BCUT2D eigenvalue weighted by Gasteiger charge is 2.05. The molecule has 2 rings (SSSR count). The predicted octanol–water partition coefficient (Wildman–Crippen LogP) is 3.00. The van der Waals surface area contributed by atoms with E-state index in [2.05, 4.69) is 66.4 Å². The van der Waals surface area contributed by atoms with Crippen molar-refractivity contribution in [2.45, 2.75) is 20.0 Å². The van der Waals surface area contributed by atoms with E-state index >= 15 is 0 Å². The Kier molecular flexibility index (Phi) is 5.37. The molecule has 0 atom stereocenters. The molecule has 1 aromatic heterocycles. The average Bonchev–Trinajstić information content (AvgIpc) is 2.86. The molecule has 0 spiro atoms. The molecular weight excluding hydrogens is 264 g/mol. The highest BCUT2D eigenvalue weighted by molar-refractivity contribution is 7.10. The Morgan fingerprint density at radius 3 is 2.80 bits per heavy atom. The van der Waals surface area contributed by atoms with Crippen LogP contribution in [0.5, 0.6) is 0 Å². The summed E-state index contributed by atoms with van der Waals surface area (Å²) in [5, 5.41) is 2.10. The normalized spacial score (nSPS) is 10.4. The average molecular weight is 284 g/mol. The van der Waals surface area contributed by atoms with Crippen LogP contribution in [0.4, 0.5) is 0 Å². The van der Waals surface area contributed by atoms with Crippen molar-refractivity contribution >= 4 is 11.3 Å². The van der Waals surface area contributed by atoms with Crippen molar-refractivity contribution in [3.05, 3.63) is 57.3 Å². The van der Waals surface area contributed by atoms with Crippen molar-refractivity contribution in [2.75, 3.05) is 13.6 Å². The van der Waals surface area contributed by atoms with Crippen LogP contribution in [-0.4, -0.2) is 18.5 Å². The van der Waals surface area contributed by atoms with E-state index in [9.17, 15) is 0 Å². The van der Waals surface area contributed by atoms with Gasteiger partial charge in [0.2, 0.25) is 0 Å². The van der Waals surface area contributed by atoms with Crippen LogP contribution in [0.3, 0.4) is 0 Å². The van der Waals surface area contributed by atoms with Crippen LogP contribution in [0.25, 0.3) is 0 Å². The summed E-state index contributed by atoms with van der Waals surface area (Å²) in [5.74, 6) is 5.96. The van der Waals surface area contributed by atoms with Gasteiger partial charge in [-0.2, -0.15) is 0 Å². The van der Waals surface area contributed by atoms with Gasteiger partial charge in [-0.3, -0.25) is 4.90 Å². The molecule has 2 N–H and O–H groups in total. The molecule has 0 saturated carbocycles. The monoisotopic (exact) mass is 284 g/mol. The summed E-state index contributed by atoms with van der Waals surface area (Å²) in [6, 6.07) is 10.7. The molecule has 2 aromatic rings. The topological polar surface area (TPSA) is 29.3 Å². The van der Waals surface area contributed by atoms with Gasteiger partial charge in [0.05, 0.1) is 6.54 Å². The molecule has 3 heteroatoms. The molecule has 0 aliphatic rings. The summed E-state index contributed by atoms with van der Waals surface area (Å²) in [6.07, 6.45) is 0. The fraction of sp³-hybridized carbons (Fsp3) is 0.294. The third-order valence-electron chi connectivity index (χ3n) is 3.12. The van der Waals surface area contributed by atoms with Crippen LogP contribution >= 0.6 is 11.3 Å². The van der Waals surface area contributed by atoms with E-state index in [4.69, 9.17) is 5.73 Å². The van der Waals surface area contributed by atoms with Crippen LogP contribution in [-0.2, 0) is 13.1 Å². The number of nitrogens with two attached hydrogens (primary N) is 1. The van der Waals surface area contributed by atoms with E-state index in [0.29, 0.717) is 6.54 Å². The maximum Gasteiger partial charge on any atom is 0.0555 e. The molecule has 0 amide bonds. The summed E-state index contributed by atoms with van der Waals surface area (Å²) in [5.41, 5.74) is 9.19. The van der Waals surface area contributed by atoms with Crippen LogP contribution in [0, 0.1) is 18.8 Å². The molecule has 2 nitrogen and oxygen atoms in total.